The Morgan fingerprint density at radius 2 is 2.14 bits per heavy atom. The highest BCUT2D eigenvalue weighted by atomic mass is 79.9. The first kappa shape index (κ1) is 16.6. The second kappa shape index (κ2) is 7.47. The summed E-state index contributed by atoms with van der Waals surface area (Å²) in [6.07, 6.45) is 1.38. The van der Waals surface area contributed by atoms with Gasteiger partial charge in [-0.15, -0.1) is 0 Å². The van der Waals surface area contributed by atoms with Gasteiger partial charge in [0, 0.05) is 23.8 Å². The third-order valence-electron chi connectivity index (χ3n) is 3.21. The summed E-state index contributed by atoms with van der Waals surface area (Å²) in [5.41, 5.74) is 7.01. The average molecular weight is 367 g/mol. The summed E-state index contributed by atoms with van der Waals surface area (Å²) in [7, 11) is 1.62. The number of rotatable bonds is 6. The van der Waals surface area contributed by atoms with Crippen molar-refractivity contribution in [2.45, 2.75) is 12.8 Å². The zero-order valence-corrected chi connectivity index (χ0v) is 13.7. The van der Waals surface area contributed by atoms with Gasteiger partial charge in [-0.2, -0.15) is 0 Å². The minimum Gasteiger partial charge on any atom is -0.385 e. The molecule has 116 valence electrons. The van der Waals surface area contributed by atoms with Crippen LogP contribution in [0.5, 0.6) is 0 Å². The fourth-order valence-corrected chi connectivity index (χ4v) is 2.51. The zero-order chi connectivity index (χ0) is 16.1. The highest BCUT2D eigenvalue weighted by Gasteiger charge is 2.14. The van der Waals surface area contributed by atoms with Gasteiger partial charge in [-0.25, -0.2) is 9.37 Å². The molecule has 0 aliphatic rings. The quantitative estimate of drug-likeness (QED) is 0.797. The normalized spacial score (nSPS) is 10.7. The van der Waals surface area contributed by atoms with Crippen molar-refractivity contribution in [1.82, 2.24) is 4.98 Å². The molecule has 0 saturated heterocycles. The molecular weight excluding hydrogens is 351 g/mol. The van der Waals surface area contributed by atoms with E-state index in [9.17, 15) is 9.18 Å². The predicted octanol–water partition coefficient (Wildman–Crippen LogP) is 3.33. The molecule has 6 heteroatoms. The Morgan fingerprint density at radius 3 is 2.82 bits per heavy atom. The number of nitrogens with two attached hydrogens (primary N) is 1. The lowest BCUT2D eigenvalue weighted by molar-refractivity contribution is 0.0994. The van der Waals surface area contributed by atoms with Gasteiger partial charge >= 0.3 is 0 Å². The SMILES string of the molecule is COCCCc1ccc(-c2cc(Br)ccc2F)nc1C(N)=O. The number of amides is 1. The van der Waals surface area contributed by atoms with Crippen LogP contribution in [0.3, 0.4) is 0 Å². The molecule has 0 aliphatic heterocycles. The van der Waals surface area contributed by atoms with Crippen LogP contribution in [0, 0.1) is 5.82 Å². The van der Waals surface area contributed by atoms with Gasteiger partial charge in [-0.3, -0.25) is 4.79 Å². The molecule has 0 atom stereocenters. The molecule has 0 aliphatic carbocycles. The number of hydrogen-bond acceptors (Lipinski definition) is 3. The molecule has 2 aromatic rings. The molecule has 0 fully saturated rings. The van der Waals surface area contributed by atoms with Crippen molar-refractivity contribution < 1.29 is 13.9 Å². The van der Waals surface area contributed by atoms with Crippen LogP contribution in [0.2, 0.25) is 0 Å². The van der Waals surface area contributed by atoms with Gasteiger partial charge in [0.25, 0.3) is 5.91 Å². The summed E-state index contributed by atoms with van der Waals surface area (Å²) in [6.45, 7) is 0.584. The van der Waals surface area contributed by atoms with Crippen molar-refractivity contribution >= 4 is 21.8 Å². The molecule has 1 aromatic carbocycles. The molecule has 1 heterocycles. The number of aryl methyl sites for hydroxylation is 1. The lowest BCUT2D eigenvalue weighted by Crippen LogP contribution is -2.16. The molecule has 1 amide bonds. The highest BCUT2D eigenvalue weighted by Crippen LogP contribution is 2.26. The number of pyridine rings is 1. The van der Waals surface area contributed by atoms with Gasteiger partial charge in [0.1, 0.15) is 11.5 Å². The third kappa shape index (κ3) is 3.90. The van der Waals surface area contributed by atoms with Crippen LogP contribution in [0.1, 0.15) is 22.5 Å². The number of benzene rings is 1. The van der Waals surface area contributed by atoms with Gasteiger partial charge in [0.2, 0.25) is 0 Å². The van der Waals surface area contributed by atoms with Gasteiger partial charge in [0.15, 0.2) is 0 Å². The van der Waals surface area contributed by atoms with Crippen molar-refractivity contribution in [3.05, 3.63) is 51.9 Å². The lowest BCUT2D eigenvalue weighted by atomic mass is 10.0. The Kier molecular flexibility index (Phi) is 5.63. The molecule has 0 radical (unpaired) electrons. The lowest BCUT2D eigenvalue weighted by Gasteiger charge is -2.09. The average Bonchev–Trinajstić information content (AvgIpc) is 2.50. The van der Waals surface area contributed by atoms with E-state index in [1.807, 2.05) is 0 Å². The van der Waals surface area contributed by atoms with Crippen molar-refractivity contribution in [2.24, 2.45) is 5.73 Å². The van der Waals surface area contributed by atoms with Crippen LogP contribution in [-0.4, -0.2) is 24.6 Å². The number of methoxy groups -OCH3 is 1. The molecule has 0 unspecified atom stereocenters. The van der Waals surface area contributed by atoms with E-state index in [4.69, 9.17) is 10.5 Å². The van der Waals surface area contributed by atoms with Crippen molar-refractivity contribution in [3.63, 3.8) is 0 Å². The first-order chi connectivity index (χ1) is 10.5. The number of carbonyl (C=O) groups excluding carboxylic acids is 1. The predicted molar refractivity (Wildman–Crippen MR) is 86.0 cm³/mol. The zero-order valence-electron chi connectivity index (χ0n) is 12.1. The maximum absolute atomic E-state index is 13.9. The van der Waals surface area contributed by atoms with Crippen LogP contribution < -0.4 is 5.73 Å². The Hall–Kier alpha value is -1.79. The minimum absolute atomic E-state index is 0.174. The van der Waals surface area contributed by atoms with Gasteiger partial charge in [-0.1, -0.05) is 22.0 Å². The number of ether oxygens (including phenoxy) is 1. The molecule has 4 nitrogen and oxygen atoms in total. The van der Waals surface area contributed by atoms with E-state index >= 15 is 0 Å². The highest BCUT2D eigenvalue weighted by molar-refractivity contribution is 9.10. The van der Waals surface area contributed by atoms with Crippen molar-refractivity contribution in [3.8, 4) is 11.3 Å². The van der Waals surface area contributed by atoms with E-state index in [1.165, 1.54) is 6.07 Å². The maximum Gasteiger partial charge on any atom is 0.267 e. The number of halogens is 2. The molecule has 22 heavy (non-hydrogen) atoms. The van der Waals surface area contributed by atoms with Crippen LogP contribution in [-0.2, 0) is 11.2 Å². The summed E-state index contributed by atoms with van der Waals surface area (Å²) in [4.78, 5) is 15.9. The molecule has 2 N–H and O–H groups in total. The minimum atomic E-state index is -0.621. The second-order valence-corrected chi connectivity index (χ2v) is 5.70. The number of hydrogen-bond donors (Lipinski definition) is 1. The number of nitrogens with zero attached hydrogens (tertiary/aromatic N) is 1. The molecular formula is C16H16BrFN2O2. The second-order valence-electron chi connectivity index (χ2n) is 4.79. The Balaban J connectivity index is 2.40. The molecule has 2 rings (SSSR count). The maximum atomic E-state index is 13.9. The van der Waals surface area contributed by atoms with Gasteiger partial charge in [0.05, 0.1) is 5.69 Å². The van der Waals surface area contributed by atoms with E-state index in [-0.39, 0.29) is 5.69 Å². The molecule has 0 spiro atoms. The first-order valence-electron chi connectivity index (χ1n) is 6.77. The third-order valence-corrected chi connectivity index (χ3v) is 3.70. The van der Waals surface area contributed by atoms with Gasteiger partial charge in [-0.05, 0) is 42.7 Å². The number of aromatic nitrogens is 1. The number of carbonyl (C=O) groups is 1. The van der Waals surface area contributed by atoms with E-state index in [0.29, 0.717) is 24.3 Å². The molecule has 1 aromatic heterocycles. The van der Waals surface area contributed by atoms with Crippen molar-refractivity contribution in [2.75, 3.05) is 13.7 Å². The summed E-state index contributed by atoms with van der Waals surface area (Å²) in [6, 6.07) is 8.02. The molecule has 0 saturated carbocycles. The summed E-state index contributed by atoms with van der Waals surface area (Å²) in [5, 5.41) is 0. The largest absolute Gasteiger partial charge is 0.385 e. The fraction of sp³-hybridized carbons (Fsp3) is 0.250. The van der Waals surface area contributed by atoms with E-state index in [2.05, 4.69) is 20.9 Å². The summed E-state index contributed by atoms with van der Waals surface area (Å²) in [5.74, 6) is -1.03. The standard InChI is InChI=1S/C16H16BrFN2O2/c1-22-8-2-3-10-4-7-14(20-15(10)16(19)21)12-9-11(17)5-6-13(12)18/h4-7,9H,2-3,8H2,1H3,(H2,19,21). The van der Waals surface area contributed by atoms with Crippen LogP contribution in [0.25, 0.3) is 11.3 Å². The smallest absolute Gasteiger partial charge is 0.267 e. The topological polar surface area (TPSA) is 65.2 Å². The molecule has 0 bridgehead atoms. The van der Waals surface area contributed by atoms with Crippen LogP contribution in [0.15, 0.2) is 34.8 Å². The Labute approximate surface area is 136 Å². The van der Waals surface area contributed by atoms with E-state index in [1.54, 1.807) is 31.4 Å². The number of primary amides is 1. The van der Waals surface area contributed by atoms with E-state index in [0.717, 1.165) is 16.5 Å². The van der Waals surface area contributed by atoms with Gasteiger partial charge < -0.3 is 10.5 Å². The summed E-state index contributed by atoms with van der Waals surface area (Å²) < 4.78 is 19.7. The monoisotopic (exact) mass is 366 g/mol. The Morgan fingerprint density at radius 1 is 1.36 bits per heavy atom. The van der Waals surface area contributed by atoms with E-state index < -0.39 is 11.7 Å². The van der Waals surface area contributed by atoms with Crippen LogP contribution in [0.4, 0.5) is 4.39 Å². The first-order valence-corrected chi connectivity index (χ1v) is 7.56. The fourth-order valence-electron chi connectivity index (χ4n) is 2.15. The summed E-state index contributed by atoms with van der Waals surface area (Å²) >= 11 is 3.30. The van der Waals surface area contributed by atoms with Crippen LogP contribution >= 0.6 is 15.9 Å². The Bertz CT molecular complexity index is 692. The van der Waals surface area contributed by atoms with Crippen molar-refractivity contribution in [1.29, 1.82) is 0 Å².